The predicted molar refractivity (Wildman–Crippen MR) is 122 cm³/mol. The Balaban J connectivity index is 1.78. The molecule has 0 saturated heterocycles. The number of non-ortho nitro benzene ring substituents is 1. The van der Waals surface area contributed by atoms with Crippen LogP contribution in [0.1, 0.15) is 22.3 Å². The molecule has 0 spiro atoms. The van der Waals surface area contributed by atoms with Gasteiger partial charge in [-0.3, -0.25) is 14.9 Å². The van der Waals surface area contributed by atoms with E-state index in [-0.39, 0.29) is 12.3 Å². The maximum Gasteiger partial charge on any atom is 0.325 e. The molecule has 4 aromatic rings. The van der Waals surface area contributed by atoms with Crippen LogP contribution in [0.15, 0.2) is 115 Å². The third kappa shape index (κ3) is 4.01. The first kappa shape index (κ1) is 21.0. The molecule has 0 atom stereocenters. The van der Waals surface area contributed by atoms with Gasteiger partial charge in [-0.15, -0.1) is 0 Å². The van der Waals surface area contributed by atoms with Gasteiger partial charge in [0, 0.05) is 12.1 Å². The number of ether oxygens (including phenoxy) is 1. The summed E-state index contributed by atoms with van der Waals surface area (Å²) in [5.74, 6) is -0.417. The average Bonchev–Trinajstić information content (AvgIpc) is 2.85. The molecule has 0 aliphatic rings. The summed E-state index contributed by atoms with van der Waals surface area (Å²) in [5, 5.41) is 10.9. The van der Waals surface area contributed by atoms with Crippen LogP contribution in [-0.2, 0) is 21.6 Å². The van der Waals surface area contributed by atoms with Crippen molar-refractivity contribution >= 4 is 11.7 Å². The minimum Gasteiger partial charge on any atom is -0.460 e. The minimum absolute atomic E-state index is 0.00504. The molecule has 0 N–H and O–H groups in total. The molecule has 0 amide bonds. The summed E-state index contributed by atoms with van der Waals surface area (Å²) in [5.41, 5.74) is 1.90. The van der Waals surface area contributed by atoms with Crippen LogP contribution >= 0.6 is 0 Å². The van der Waals surface area contributed by atoms with Crippen LogP contribution in [0.2, 0.25) is 0 Å². The predicted octanol–water partition coefficient (Wildman–Crippen LogP) is 5.67. The molecule has 0 bridgehead atoms. The second-order valence-electron chi connectivity index (χ2n) is 7.35. The normalized spacial score (nSPS) is 11.0. The zero-order valence-electron chi connectivity index (χ0n) is 17.3. The molecule has 0 saturated carbocycles. The Kier molecular flexibility index (Phi) is 6.08. The zero-order chi connectivity index (χ0) is 22.4. The van der Waals surface area contributed by atoms with Crippen molar-refractivity contribution in [1.29, 1.82) is 0 Å². The number of carbonyl (C=O) groups excluding carboxylic acids is 1. The Morgan fingerprint density at radius 3 is 1.47 bits per heavy atom. The minimum atomic E-state index is -1.16. The number of hydrogen-bond donors (Lipinski definition) is 0. The molecule has 158 valence electrons. The molecule has 5 nitrogen and oxygen atoms in total. The van der Waals surface area contributed by atoms with Crippen LogP contribution < -0.4 is 0 Å². The fourth-order valence-electron chi connectivity index (χ4n) is 3.89. The molecule has 0 unspecified atom stereocenters. The van der Waals surface area contributed by atoms with Gasteiger partial charge in [-0.25, -0.2) is 0 Å². The van der Waals surface area contributed by atoms with Gasteiger partial charge in [0.05, 0.1) is 4.92 Å². The van der Waals surface area contributed by atoms with Crippen molar-refractivity contribution in [2.45, 2.75) is 12.0 Å². The Hall–Kier alpha value is -4.25. The zero-order valence-corrected chi connectivity index (χ0v) is 17.3. The summed E-state index contributed by atoms with van der Waals surface area (Å²) in [6, 6.07) is 34.7. The summed E-state index contributed by atoms with van der Waals surface area (Å²) in [7, 11) is 0. The van der Waals surface area contributed by atoms with Gasteiger partial charge in [0.2, 0.25) is 0 Å². The van der Waals surface area contributed by atoms with Crippen LogP contribution in [0, 0.1) is 10.1 Å². The van der Waals surface area contributed by atoms with Crippen molar-refractivity contribution in [3.05, 3.63) is 148 Å². The van der Waals surface area contributed by atoms with E-state index in [9.17, 15) is 14.9 Å². The van der Waals surface area contributed by atoms with Gasteiger partial charge < -0.3 is 4.74 Å². The first-order chi connectivity index (χ1) is 15.6. The van der Waals surface area contributed by atoms with Crippen LogP contribution in [-0.4, -0.2) is 10.9 Å². The monoisotopic (exact) mass is 423 g/mol. The largest absolute Gasteiger partial charge is 0.460 e. The summed E-state index contributed by atoms with van der Waals surface area (Å²) >= 11 is 0. The molecular formula is C27H21NO4. The quantitative estimate of drug-likeness (QED) is 0.166. The van der Waals surface area contributed by atoms with Crippen molar-refractivity contribution in [1.82, 2.24) is 0 Å². The molecule has 0 aliphatic heterocycles. The average molecular weight is 423 g/mol. The van der Waals surface area contributed by atoms with Crippen molar-refractivity contribution in [2.75, 3.05) is 0 Å². The van der Waals surface area contributed by atoms with E-state index in [0.29, 0.717) is 5.56 Å². The molecule has 0 fully saturated rings. The smallest absolute Gasteiger partial charge is 0.325 e. The van der Waals surface area contributed by atoms with E-state index in [0.717, 1.165) is 16.7 Å². The van der Waals surface area contributed by atoms with Gasteiger partial charge in [-0.2, -0.15) is 0 Å². The number of esters is 1. The molecule has 32 heavy (non-hydrogen) atoms. The van der Waals surface area contributed by atoms with Crippen LogP contribution in [0.25, 0.3) is 0 Å². The highest BCUT2D eigenvalue weighted by Gasteiger charge is 2.45. The van der Waals surface area contributed by atoms with Gasteiger partial charge in [0.25, 0.3) is 5.69 Å². The highest BCUT2D eigenvalue weighted by atomic mass is 16.6. The highest BCUT2D eigenvalue weighted by Crippen LogP contribution is 2.40. The van der Waals surface area contributed by atoms with Gasteiger partial charge in [-0.05, 0) is 34.4 Å². The molecular weight excluding hydrogens is 402 g/mol. The summed E-state index contributed by atoms with van der Waals surface area (Å²) in [4.78, 5) is 24.3. The molecule has 0 radical (unpaired) electrons. The number of carbonyl (C=O) groups is 1. The second kappa shape index (κ2) is 9.27. The molecule has 0 aliphatic carbocycles. The van der Waals surface area contributed by atoms with E-state index in [1.807, 2.05) is 91.0 Å². The maximum absolute atomic E-state index is 13.9. The fourth-order valence-corrected chi connectivity index (χ4v) is 3.89. The summed E-state index contributed by atoms with van der Waals surface area (Å²) in [6.45, 7) is 0.00504. The number of nitro groups is 1. The van der Waals surface area contributed by atoms with Crippen molar-refractivity contribution in [3.8, 4) is 0 Å². The number of nitrogens with zero attached hydrogens (tertiary/aromatic N) is 1. The highest BCUT2D eigenvalue weighted by molar-refractivity contribution is 5.92. The van der Waals surface area contributed by atoms with E-state index in [2.05, 4.69) is 0 Å². The molecule has 0 aromatic heterocycles. The van der Waals surface area contributed by atoms with Crippen LogP contribution in [0.5, 0.6) is 0 Å². The second-order valence-corrected chi connectivity index (χ2v) is 7.35. The van der Waals surface area contributed by atoms with Crippen molar-refractivity contribution in [3.63, 3.8) is 0 Å². The van der Waals surface area contributed by atoms with Crippen molar-refractivity contribution in [2.24, 2.45) is 0 Å². The van der Waals surface area contributed by atoms with Gasteiger partial charge >= 0.3 is 5.97 Å². The van der Waals surface area contributed by atoms with Gasteiger partial charge in [0.15, 0.2) is 0 Å². The van der Waals surface area contributed by atoms with E-state index >= 15 is 0 Å². The first-order valence-corrected chi connectivity index (χ1v) is 10.2. The Morgan fingerprint density at radius 2 is 1.09 bits per heavy atom. The molecule has 4 aromatic carbocycles. The number of hydrogen-bond acceptors (Lipinski definition) is 4. The molecule has 5 heteroatoms. The fraction of sp³-hybridized carbons (Fsp3) is 0.0741. The lowest BCUT2D eigenvalue weighted by Gasteiger charge is -2.33. The van der Waals surface area contributed by atoms with Crippen LogP contribution in [0.4, 0.5) is 5.69 Å². The third-order valence-electron chi connectivity index (χ3n) is 5.44. The molecule has 4 rings (SSSR count). The lowest BCUT2D eigenvalue weighted by molar-refractivity contribution is -0.384. The number of nitro benzene ring substituents is 1. The van der Waals surface area contributed by atoms with E-state index in [1.54, 1.807) is 12.1 Å². The Bertz CT molecular complexity index is 1090. The number of rotatable bonds is 7. The SMILES string of the molecule is O=C(OCc1ccc([N+](=O)[O-])cc1)C(c1ccccc1)(c1ccccc1)c1ccccc1. The lowest BCUT2D eigenvalue weighted by atomic mass is 9.69. The number of benzene rings is 4. The van der Waals surface area contributed by atoms with E-state index in [4.69, 9.17) is 4.74 Å². The Morgan fingerprint density at radius 1 is 0.688 bits per heavy atom. The van der Waals surface area contributed by atoms with Gasteiger partial charge in [-0.1, -0.05) is 91.0 Å². The third-order valence-corrected chi connectivity index (χ3v) is 5.44. The Labute approximate surface area is 186 Å². The summed E-state index contributed by atoms with van der Waals surface area (Å²) < 4.78 is 5.85. The molecule has 0 heterocycles. The van der Waals surface area contributed by atoms with Gasteiger partial charge in [0.1, 0.15) is 12.0 Å². The standard InChI is InChI=1S/C27H21NO4/c29-26(32-20-21-16-18-25(19-17-21)28(30)31)27(22-10-4-1-5-11-22,23-12-6-2-7-13-23)24-14-8-3-9-15-24/h1-19H,20H2. The lowest BCUT2D eigenvalue weighted by Crippen LogP contribution is -2.40. The van der Waals surface area contributed by atoms with Crippen LogP contribution in [0.3, 0.4) is 0 Å². The maximum atomic E-state index is 13.9. The van der Waals surface area contributed by atoms with E-state index in [1.165, 1.54) is 12.1 Å². The topological polar surface area (TPSA) is 69.4 Å². The first-order valence-electron chi connectivity index (χ1n) is 10.2. The summed E-state index contributed by atoms with van der Waals surface area (Å²) in [6.07, 6.45) is 0. The van der Waals surface area contributed by atoms with E-state index < -0.39 is 16.3 Å². The van der Waals surface area contributed by atoms with Crippen molar-refractivity contribution < 1.29 is 14.5 Å².